The largest absolute Gasteiger partial charge is 0.460 e. The lowest BCUT2D eigenvalue weighted by molar-refractivity contribution is -0.156. The van der Waals surface area contributed by atoms with Crippen molar-refractivity contribution in [1.29, 1.82) is 0 Å². The minimum atomic E-state index is -0.681. The number of amides is 2. The van der Waals surface area contributed by atoms with Crippen LogP contribution in [0.15, 0.2) is 0 Å². The SMILES string of the molecule is CCNCCCC(=O)[C@H](CCCCNC(=O)OC(C)(C)C)NC(=O)CC(=O)OC(C)(C)C. The van der Waals surface area contributed by atoms with Gasteiger partial charge in [0.05, 0.1) is 6.04 Å². The van der Waals surface area contributed by atoms with Crippen molar-refractivity contribution in [3.05, 3.63) is 0 Å². The molecule has 0 radical (unpaired) electrons. The summed E-state index contributed by atoms with van der Waals surface area (Å²) in [6.07, 6.45) is 1.76. The topological polar surface area (TPSA) is 123 Å². The van der Waals surface area contributed by atoms with Crippen molar-refractivity contribution in [3.63, 3.8) is 0 Å². The maximum atomic E-state index is 12.6. The van der Waals surface area contributed by atoms with Crippen molar-refractivity contribution < 1.29 is 28.7 Å². The summed E-state index contributed by atoms with van der Waals surface area (Å²) in [6.45, 7) is 14.5. The van der Waals surface area contributed by atoms with E-state index in [1.165, 1.54) is 0 Å². The van der Waals surface area contributed by atoms with E-state index in [4.69, 9.17) is 9.47 Å². The molecular weight excluding hydrogens is 414 g/mol. The van der Waals surface area contributed by atoms with Crippen molar-refractivity contribution >= 4 is 23.8 Å². The van der Waals surface area contributed by atoms with Crippen LogP contribution in [0.4, 0.5) is 4.79 Å². The van der Waals surface area contributed by atoms with E-state index in [9.17, 15) is 19.2 Å². The number of hydrogen-bond acceptors (Lipinski definition) is 7. The zero-order valence-electron chi connectivity index (χ0n) is 20.9. The van der Waals surface area contributed by atoms with Crippen LogP contribution in [0.5, 0.6) is 0 Å². The highest BCUT2D eigenvalue weighted by molar-refractivity contribution is 5.97. The van der Waals surface area contributed by atoms with Gasteiger partial charge in [0.2, 0.25) is 5.91 Å². The van der Waals surface area contributed by atoms with E-state index in [2.05, 4.69) is 16.0 Å². The molecule has 0 saturated heterocycles. The second-order valence-electron chi connectivity index (χ2n) is 9.73. The van der Waals surface area contributed by atoms with E-state index in [-0.39, 0.29) is 5.78 Å². The van der Waals surface area contributed by atoms with Crippen molar-refractivity contribution in [2.75, 3.05) is 19.6 Å². The molecule has 0 aliphatic heterocycles. The monoisotopic (exact) mass is 457 g/mol. The number of nitrogens with one attached hydrogen (secondary N) is 3. The van der Waals surface area contributed by atoms with Crippen LogP contribution in [0.25, 0.3) is 0 Å². The number of rotatable bonds is 14. The van der Waals surface area contributed by atoms with Crippen LogP contribution in [0.1, 0.15) is 87.0 Å². The van der Waals surface area contributed by atoms with Gasteiger partial charge in [0.25, 0.3) is 0 Å². The summed E-state index contributed by atoms with van der Waals surface area (Å²) in [4.78, 5) is 48.5. The van der Waals surface area contributed by atoms with Crippen molar-refractivity contribution in [3.8, 4) is 0 Å². The molecule has 0 saturated carbocycles. The summed E-state index contributed by atoms with van der Waals surface area (Å²) >= 11 is 0. The van der Waals surface area contributed by atoms with Gasteiger partial charge in [-0.3, -0.25) is 14.4 Å². The van der Waals surface area contributed by atoms with E-state index in [1.54, 1.807) is 41.5 Å². The molecule has 9 heteroatoms. The molecule has 32 heavy (non-hydrogen) atoms. The van der Waals surface area contributed by atoms with Gasteiger partial charge in [0.15, 0.2) is 5.78 Å². The first kappa shape index (κ1) is 29.8. The first-order chi connectivity index (χ1) is 14.7. The molecular formula is C23H43N3O6. The van der Waals surface area contributed by atoms with Gasteiger partial charge in [0, 0.05) is 13.0 Å². The molecule has 0 aromatic rings. The summed E-state index contributed by atoms with van der Waals surface area (Å²) in [5.41, 5.74) is -1.24. The first-order valence-corrected chi connectivity index (χ1v) is 11.4. The summed E-state index contributed by atoms with van der Waals surface area (Å²) in [7, 11) is 0. The van der Waals surface area contributed by atoms with Gasteiger partial charge in [-0.15, -0.1) is 0 Å². The molecule has 0 aromatic heterocycles. The molecule has 0 unspecified atom stereocenters. The number of hydrogen-bond donors (Lipinski definition) is 3. The highest BCUT2D eigenvalue weighted by atomic mass is 16.6. The molecule has 0 aliphatic rings. The van der Waals surface area contributed by atoms with Crippen LogP contribution in [-0.2, 0) is 23.9 Å². The predicted molar refractivity (Wildman–Crippen MR) is 123 cm³/mol. The fourth-order valence-corrected chi connectivity index (χ4v) is 2.78. The van der Waals surface area contributed by atoms with Gasteiger partial charge in [-0.1, -0.05) is 6.92 Å². The molecule has 1 atom stereocenters. The quantitative estimate of drug-likeness (QED) is 0.208. The molecule has 186 valence electrons. The van der Waals surface area contributed by atoms with Gasteiger partial charge < -0.3 is 25.4 Å². The molecule has 0 rings (SSSR count). The van der Waals surface area contributed by atoms with Gasteiger partial charge in [0.1, 0.15) is 17.6 Å². The lowest BCUT2D eigenvalue weighted by Crippen LogP contribution is -2.42. The maximum Gasteiger partial charge on any atom is 0.407 e. The third-order valence-corrected chi connectivity index (χ3v) is 4.06. The van der Waals surface area contributed by atoms with Gasteiger partial charge >= 0.3 is 12.1 Å². The molecule has 0 fully saturated rings. The number of ketones is 1. The second-order valence-corrected chi connectivity index (χ2v) is 9.73. The Hall–Kier alpha value is -2.16. The molecule has 0 aliphatic carbocycles. The molecule has 0 spiro atoms. The Balaban J connectivity index is 4.63. The maximum absolute atomic E-state index is 12.6. The van der Waals surface area contributed by atoms with Gasteiger partial charge in [-0.2, -0.15) is 0 Å². The normalized spacial score (nSPS) is 12.6. The fraction of sp³-hybridized carbons (Fsp3) is 0.826. The summed E-state index contributed by atoms with van der Waals surface area (Å²) in [6, 6.07) is -0.673. The van der Waals surface area contributed by atoms with E-state index >= 15 is 0 Å². The minimum Gasteiger partial charge on any atom is -0.460 e. The molecule has 0 bridgehead atoms. The highest BCUT2D eigenvalue weighted by Gasteiger charge is 2.24. The summed E-state index contributed by atoms with van der Waals surface area (Å²) < 4.78 is 10.3. The number of esters is 1. The van der Waals surface area contributed by atoms with E-state index in [0.29, 0.717) is 38.6 Å². The zero-order valence-corrected chi connectivity index (χ0v) is 20.9. The third kappa shape index (κ3) is 17.5. The Morgan fingerprint density at radius 3 is 2.03 bits per heavy atom. The average molecular weight is 458 g/mol. The first-order valence-electron chi connectivity index (χ1n) is 11.4. The smallest absolute Gasteiger partial charge is 0.407 e. The fourth-order valence-electron chi connectivity index (χ4n) is 2.78. The second kappa shape index (κ2) is 14.8. The molecule has 3 N–H and O–H groups in total. The Labute approximate surface area is 192 Å². The Morgan fingerprint density at radius 1 is 0.844 bits per heavy atom. The molecule has 2 amide bonds. The third-order valence-electron chi connectivity index (χ3n) is 4.06. The lowest BCUT2D eigenvalue weighted by atomic mass is 10.0. The van der Waals surface area contributed by atoms with E-state index in [1.807, 2.05) is 6.92 Å². The van der Waals surface area contributed by atoms with Crippen molar-refractivity contribution in [2.24, 2.45) is 0 Å². The van der Waals surface area contributed by atoms with Gasteiger partial charge in [-0.05, 0) is 80.3 Å². The summed E-state index contributed by atoms with van der Waals surface area (Å²) in [5.74, 6) is -1.23. The number of ether oxygens (including phenoxy) is 2. The minimum absolute atomic E-state index is 0.0689. The number of carbonyl (C=O) groups excluding carboxylic acids is 4. The number of carbonyl (C=O) groups is 4. The highest BCUT2D eigenvalue weighted by Crippen LogP contribution is 2.10. The van der Waals surface area contributed by atoms with E-state index < -0.39 is 41.6 Å². The number of unbranched alkanes of at least 4 members (excludes halogenated alkanes) is 1. The van der Waals surface area contributed by atoms with Crippen LogP contribution in [0, 0.1) is 0 Å². The van der Waals surface area contributed by atoms with Crippen LogP contribution >= 0.6 is 0 Å². The van der Waals surface area contributed by atoms with Crippen LogP contribution < -0.4 is 16.0 Å². The summed E-state index contributed by atoms with van der Waals surface area (Å²) in [5, 5.41) is 8.52. The molecule has 0 aromatic carbocycles. The van der Waals surface area contributed by atoms with Crippen molar-refractivity contribution in [2.45, 2.75) is 104 Å². The Morgan fingerprint density at radius 2 is 1.47 bits per heavy atom. The van der Waals surface area contributed by atoms with Crippen LogP contribution in [0.3, 0.4) is 0 Å². The number of Topliss-reactive ketones (excluding diaryl/α,β-unsaturated/α-hetero) is 1. The van der Waals surface area contributed by atoms with Crippen molar-refractivity contribution in [1.82, 2.24) is 16.0 Å². The Kier molecular flexibility index (Phi) is 13.8. The number of alkyl carbamates (subject to hydrolysis) is 1. The van der Waals surface area contributed by atoms with Crippen LogP contribution in [-0.4, -0.2) is 60.6 Å². The van der Waals surface area contributed by atoms with Crippen LogP contribution in [0.2, 0.25) is 0 Å². The predicted octanol–water partition coefficient (Wildman–Crippen LogP) is 2.86. The van der Waals surface area contributed by atoms with Gasteiger partial charge in [-0.25, -0.2) is 4.79 Å². The standard InChI is InChI=1S/C23H43N3O6/c1-8-24-14-11-13-18(27)17(26-19(28)16-20(29)31-22(2,3)4)12-9-10-15-25-21(30)32-23(5,6)7/h17,24H,8-16H2,1-7H3,(H,25,30)(H,26,28)/t17-/m0/s1. The molecule has 0 heterocycles. The Bertz CT molecular complexity index is 608. The molecule has 9 nitrogen and oxygen atoms in total. The zero-order chi connectivity index (χ0) is 24.8. The average Bonchev–Trinajstić information content (AvgIpc) is 2.60. The van der Waals surface area contributed by atoms with E-state index in [0.717, 1.165) is 13.1 Å². The lowest BCUT2D eigenvalue weighted by Gasteiger charge is -2.21.